The van der Waals surface area contributed by atoms with Gasteiger partial charge in [0.2, 0.25) is 5.91 Å². The van der Waals surface area contributed by atoms with Crippen molar-refractivity contribution in [2.45, 2.75) is 20.3 Å². The highest BCUT2D eigenvalue weighted by molar-refractivity contribution is 5.94. The van der Waals surface area contributed by atoms with Gasteiger partial charge in [0, 0.05) is 18.0 Å². The molecule has 92 valence electrons. The first-order chi connectivity index (χ1) is 8.08. The van der Waals surface area contributed by atoms with Gasteiger partial charge in [-0.15, -0.1) is 0 Å². The van der Waals surface area contributed by atoms with Crippen molar-refractivity contribution < 1.29 is 9.53 Å². The van der Waals surface area contributed by atoms with Crippen molar-refractivity contribution in [3.63, 3.8) is 0 Å². The van der Waals surface area contributed by atoms with Crippen molar-refractivity contribution in [2.24, 2.45) is 5.92 Å². The van der Waals surface area contributed by atoms with Crippen LogP contribution in [0.25, 0.3) is 0 Å². The van der Waals surface area contributed by atoms with E-state index >= 15 is 0 Å². The number of aryl methyl sites for hydroxylation is 2. The first-order valence-electron chi connectivity index (χ1n) is 5.83. The molecule has 2 rings (SSSR count). The number of carbonyl (C=O) groups excluding carboxylic acids is 1. The van der Waals surface area contributed by atoms with Gasteiger partial charge in [0.05, 0.1) is 12.5 Å². The molecular weight excluding hydrogens is 216 g/mol. The molecule has 4 nitrogen and oxygen atoms in total. The lowest BCUT2D eigenvalue weighted by Gasteiger charge is -2.14. The number of nitrogens with one attached hydrogen (secondary N) is 1. The van der Waals surface area contributed by atoms with E-state index in [4.69, 9.17) is 10.5 Å². The van der Waals surface area contributed by atoms with Crippen LogP contribution in [0, 0.1) is 19.8 Å². The van der Waals surface area contributed by atoms with Crippen molar-refractivity contribution in [1.29, 1.82) is 0 Å². The minimum atomic E-state index is -0.0219. The fraction of sp³-hybridized carbons (Fsp3) is 0.462. The van der Waals surface area contributed by atoms with Crippen LogP contribution in [0.15, 0.2) is 12.1 Å². The van der Waals surface area contributed by atoms with E-state index in [-0.39, 0.29) is 11.8 Å². The Kier molecular flexibility index (Phi) is 3.33. The van der Waals surface area contributed by atoms with Gasteiger partial charge in [-0.1, -0.05) is 0 Å². The van der Waals surface area contributed by atoms with Gasteiger partial charge in [0.15, 0.2) is 0 Å². The third-order valence-corrected chi connectivity index (χ3v) is 3.10. The monoisotopic (exact) mass is 234 g/mol. The summed E-state index contributed by atoms with van der Waals surface area (Å²) in [4.78, 5) is 12.0. The smallest absolute Gasteiger partial charge is 0.229 e. The number of carbonyl (C=O) groups is 1. The molecule has 1 aliphatic heterocycles. The largest absolute Gasteiger partial charge is 0.399 e. The Morgan fingerprint density at radius 1 is 1.41 bits per heavy atom. The van der Waals surface area contributed by atoms with Crippen molar-refractivity contribution in [1.82, 2.24) is 0 Å². The second kappa shape index (κ2) is 4.75. The van der Waals surface area contributed by atoms with Gasteiger partial charge in [-0.3, -0.25) is 4.79 Å². The normalized spacial score (nSPS) is 19.3. The minimum absolute atomic E-state index is 0.0219. The number of ether oxygens (including phenoxy) is 1. The summed E-state index contributed by atoms with van der Waals surface area (Å²) in [6.07, 6.45) is 0.804. The average molecular weight is 234 g/mol. The molecular formula is C13H18N2O2. The molecule has 1 saturated heterocycles. The highest BCUT2D eigenvalue weighted by atomic mass is 16.5. The van der Waals surface area contributed by atoms with Crippen LogP contribution >= 0.6 is 0 Å². The van der Waals surface area contributed by atoms with Crippen LogP contribution in [-0.2, 0) is 9.53 Å². The molecule has 3 N–H and O–H groups in total. The van der Waals surface area contributed by atoms with Gasteiger partial charge in [0.25, 0.3) is 0 Å². The number of hydrogen-bond acceptors (Lipinski definition) is 3. The number of nitrogen functional groups attached to an aromatic ring is 1. The van der Waals surface area contributed by atoms with Gasteiger partial charge >= 0.3 is 0 Å². The van der Waals surface area contributed by atoms with Crippen LogP contribution in [0.2, 0.25) is 0 Å². The van der Waals surface area contributed by atoms with Crippen molar-refractivity contribution in [2.75, 3.05) is 24.3 Å². The minimum Gasteiger partial charge on any atom is -0.399 e. The Labute approximate surface area is 101 Å². The maximum Gasteiger partial charge on any atom is 0.229 e. The van der Waals surface area contributed by atoms with E-state index in [9.17, 15) is 4.79 Å². The van der Waals surface area contributed by atoms with E-state index in [1.54, 1.807) is 0 Å². The maximum atomic E-state index is 12.0. The van der Waals surface area contributed by atoms with Gasteiger partial charge in [-0.2, -0.15) is 0 Å². The second-order valence-electron chi connectivity index (χ2n) is 4.58. The third-order valence-electron chi connectivity index (χ3n) is 3.10. The molecule has 0 spiro atoms. The SMILES string of the molecule is Cc1cc(N)cc(C)c1NC(=O)C1CCOC1. The first-order valence-corrected chi connectivity index (χ1v) is 5.83. The third kappa shape index (κ3) is 2.58. The van der Waals surface area contributed by atoms with Gasteiger partial charge in [0.1, 0.15) is 0 Å². The van der Waals surface area contributed by atoms with Gasteiger partial charge < -0.3 is 15.8 Å². The predicted octanol–water partition coefficient (Wildman–Crippen LogP) is 1.86. The van der Waals surface area contributed by atoms with E-state index in [2.05, 4.69) is 5.32 Å². The number of hydrogen-bond donors (Lipinski definition) is 2. The molecule has 0 saturated carbocycles. The van der Waals surface area contributed by atoms with Crippen LogP contribution in [0.5, 0.6) is 0 Å². The summed E-state index contributed by atoms with van der Waals surface area (Å²) in [7, 11) is 0. The molecule has 4 heteroatoms. The fourth-order valence-corrected chi connectivity index (χ4v) is 2.16. The molecule has 1 aliphatic rings. The van der Waals surface area contributed by atoms with Gasteiger partial charge in [-0.05, 0) is 43.5 Å². The highest BCUT2D eigenvalue weighted by Gasteiger charge is 2.24. The molecule has 1 aromatic rings. The Morgan fingerprint density at radius 3 is 2.59 bits per heavy atom. The number of anilines is 2. The second-order valence-corrected chi connectivity index (χ2v) is 4.58. The van der Waals surface area contributed by atoms with E-state index < -0.39 is 0 Å². The van der Waals surface area contributed by atoms with Crippen LogP contribution in [0.3, 0.4) is 0 Å². The molecule has 0 radical (unpaired) electrons. The summed E-state index contributed by atoms with van der Waals surface area (Å²) in [5.41, 5.74) is 9.33. The molecule has 1 amide bonds. The van der Waals surface area contributed by atoms with Crippen molar-refractivity contribution in [3.05, 3.63) is 23.3 Å². The highest BCUT2D eigenvalue weighted by Crippen LogP contribution is 2.24. The summed E-state index contributed by atoms with van der Waals surface area (Å²) < 4.78 is 5.21. The van der Waals surface area contributed by atoms with E-state index in [1.807, 2.05) is 26.0 Å². The number of benzene rings is 1. The van der Waals surface area contributed by atoms with Gasteiger partial charge in [-0.25, -0.2) is 0 Å². The Balaban J connectivity index is 2.15. The number of nitrogens with two attached hydrogens (primary N) is 1. The Hall–Kier alpha value is -1.55. The van der Waals surface area contributed by atoms with Crippen molar-refractivity contribution in [3.8, 4) is 0 Å². The number of amides is 1. The molecule has 1 heterocycles. The maximum absolute atomic E-state index is 12.0. The molecule has 1 atom stereocenters. The lowest BCUT2D eigenvalue weighted by atomic mass is 10.1. The molecule has 0 aliphatic carbocycles. The van der Waals surface area contributed by atoms with E-state index in [1.165, 1.54) is 0 Å². The van der Waals surface area contributed by atoms with Crippen molar-refractivity contribution >= 4 is 17.3 Å². The summed E-state index contributed by atoms with van der Waals surface area (Å²) >= 11 is 0. The van der Waals surface area contributed by atoms with Crippen LogP contribution in [-0.4, -0.2) is 19.1 Å². The fourth-order valence-electron chi connectivity index (χ4n) is 2.16. The lowest BCUT2D eigenvalue weighted by Crippen LogP contribution is -2.23. The van der Waals surface area contributed by atoms with E-state index in [0.29, 0.717) is 13.2 Å². The summed E-state index contributed by atoms with van der Waals surface area (Å²) in [6.45, 7) is 5.10. The zero-order valence-corrected chi connectivity index (χ0v) is 10.2. The van der Waals surface area contributed by atoms with Crippen LogP contribution in [0.4, 0.5) is 11.4 Å². The van der Waals surface area contributed by atoms with Crippen LogP contribution < -0.4 is 11.1 Å². The Morgan fingerprint density at radius 2 is 2.06 bits per heavy atom. The molecule has 0 aromatic heterocycles. The zero-order chi connectivity index (χ0) is 12.4. The quantitative estimate of drug-likeness (QED) is 0.768. The zero-order valence-electron chi connectivity index (χ0n) is 10.2. The summed E-state index contributed by atoms with van der Waals surface area (Å²) in [5.74, 6) is 0.0184. The molecule has 1 unspecified atom stereocenters. The van der Waals surface area contributed by atoms with Crippen LogP contribution in [0.1, 0.15) is 17.5 Å². The molecule has 0 bridgehead atoms. The molecule has 1 aromatic carbocycles. The summed E-state index contributed by atoms with van der Waals surface area (Å²) in [5, 5.41) is 2.97. The Bertz CT molecular complexity index is 414. The average Bonchev–Trinajstić information content (AvgIpc) is 2.76. The summed E-state index contributed by atoms with van der Waals surface area (Å²) in [6, 6.07) is 3.74. The molecule has 1 fully saturated rings. The standard InChI is InChI=1S/C13H18N2O2/c1-8-5-11(14)6-9(2)12(8)15-13(16)10-3-4-17-7-10/h5-6,10H,3-4,7,14H2,1-2H3,(H,15,16). The number of rotatable bonds is 2. The van der Waals surface area contributed by atoms with E-state index in [0.717, 1.165) is 28.9 Å². The topological polar surface area (TPSA) is 64.3 Å². The first kappa shape index (κ1) is 11.9. The molecule has 17 heavy (non-hydrogen) atoms. The lowest BCUT2D eigenvalue weighted by molar-refractivity contribution is -0.119. The predicted molar refractivity (Wildman–Crippen MR) is 67.9 cm³/mol.